The molecule has 0 radical (unpaired) electrons. The van der Waals surface area contributed by atoms with Crippen LogP contribution in [0.2, 0.25) is 0 Å². The fraction of sp³-hybridized carbons (Fsp3) is 0.412. The summed E-state index contributed by atoms with van der Waals surface area (Å²) in [6.45, 7) is 9.17. The summed E-state index contributed by atoms with van der Waals surface area (Å²) in [6.07, 6.45) is 1.02. The zero-order valence-electron chi connectivity index (χ0n) is 13.1. The molecule has 21 heavy (non-hydrogen) atoms. The van der Waals surface area contributed by atoms with Gasteiger partial charge >= 0.3 is 0 Å². The van der Waals surface area contributed by atoms with Gasteiger partial charge in [0.05, 0.1) is 5.69 Å². The highest BCUT2D eigenvalue weighted by Crippen LogP contribution is 2.25. The lowest BCUT2D eigenvalue weighted by Gasteiger charge is -2.19. The van der Waals surface area contributed by atoms with Crippen LogP contribution < -0.4 is 5.32 Å². The second-order valence-corrected chi connectivity index (χ2v) is 6.15. The third kappa shape index (κ3) is 4.00. The molecule has 0 atom stereocenters. The topological polar surface area (TPSA) is 37.8 Å². The van der Waals surface area contributed by atoms with Crippen molar-refractivity contribution in [2.45, 2.75) is 39.5 Å². The Morgan fingerprint density at radius 1 is 1.14 bits per heavy atom. The Kier molecular flexibility index (Phi) is 4.56. The predicted octanol–water partition coefficient (Wildman–Crippen LogP) is 4.40. The smallest absolute Gasteiger partial charge is 0.136 e. The predicted molar refractivity (Wildman–Crippen MR) is 84.9 cm³/mol. The van der Waals surface area contributed by atoms with Crippen LogP contribution in [-0.2, 0) is 5.41 Å². The summed E-state index contributed by atoms with van der Waals surface area (Å²) in [5.41, 5.74) is 1.35. The fourth-order valence-electron chi connectivity index (χ4n) is 1.92. The second-order valence-electron chi connectivity index (χ2n) is 6.15. The number of hydrogen-bond acceptors (Lipinski definition) is 3. The van der Waals surface area contributed by atoms with E-state index in [1.807, 2.05) is 12.1 Å². The van der Waals surface area contributed by atoms with Gasteiger partial charge in [0.25, 0.3) is 0 Å². The lowest BCUT2D eigenvalue weighted by molar-refractivity contribution is 0.546. The van der Waals surface area contributed by atoms with Crippen LogP contribution in [-0.4, -0.2) is 16.5 Å². The summed E-state index contributed by atoms with van der Waals surface area (Å²) in [5, 5.41) is 3.29. The summed E-state index contributed by atoms with van der Waals surface area (Å²) in [6, 6.07) is 8.37. The monoisotopic (exact) mass is 287 g/mol. The van der Waals surface area contributed by atoms with Crippen molar-refractivity contribution in [2.24, 2.45) is 0 Å². The zero-order chi connectivity index (χ0) is 15.5. The average molecular weight is 287 g/mol. The Morgan fingerprint density at radius 3 is 2.52 bits per heavy atom. The van der Waals surface area contributed by atoms with Gasteiger partial charge in [-0.15, -0.1) is 0 Å². The maximum atomic E-state index is 13.4. The highest BCUT2D eigenvalue weighted by molar-refractivity contribution is 5.62. The first-order chi connectivity index (χ1) is 9.90. The molecule has 0 amide bonds. The minimum absolute atomic E-state index is 0.161. The number of rotatable bonds is 4. The number of halogens is 1. The Hall–Kier alpha value is -1.97. The number of hydrogen-bond donors (Lipinski definition) is 1. The summed E-state index contributed by atoms with van der Waals surface area (Å²) in [7, 11) is 0. The molecule has 0 unspecified atom stereocenters. The molecule has 0 spiro atoms. The number of benzene rings is 1. The molecule has 0 fully saturated rings. The molecular weight excluding hydrogens is 265 g/mol. The van der Waals surface area contributed by atoms with Gasteiger partial charge in [0, 0.05) is 23.6 Å². The molecule has 4 heteroatoms. The molecule has 2 aromatic rings. The highest BCUT2D eigenvalue weighted by atomic mass is 19.1. The summed E-state index contributed by atoms with van der Waals surface area (Å²) in [4.78, 5) is 9.18. The van der Waals surface area contributed by atoms with Crippen LogP contribution in [0, 0.1) is 5.82 Å². The minimum Gasteiger partial charge on any atom is -0.370 e. The van der Waals surface area contributed by atoms with Crippen molar-refractivity contribution in [3.8, 4) is 11.3 Å². The SMILES string of the molecule is CCCNc1cc(-c2cccc(F)c2)nc(C(C)(C)C)n1. The van der Waals surface area contributed by atoms with E-state index in [1.165, 1.54) is 12.1 Å². The van der Waals surface area contributed by atoms with E-state index in [9.17, 15) is 4.39 Å². The van der Waals surface area contributed by atoms with E-state index in [4.69, 9.17) is 0 Å². The van der Waals surface area contributed by atoms with Crippen LogP contribution in [0.5, 0.6) is 0 Å². The molecule has 0 saturated heterocycles. The van der Waals surface area contributed by atoms with Crippen LogP contribution in [0.1, 0.15) is 39.9 Å². The largest absolute Gasteiger partial charge is 0.370 e. The molecule has 112 valence electrons. The lowest BCUT2D eigenvalue weighted by atomic mass is 9.95. The van der Waals surface area contributed by atoms with Crippen LogP contribution in [0.25, 0.3) is 11.3 Å². The maximum absolute atomic E-state index is 13.4. The Bertz CT molecular complexity index is 618. The number of nitrogens with one attached hydrogen (secondary N) is 1. The van der Waals surface area contributed by atoms with E-state index in [0.29, 0.717) is 0 Å². The molecule has 1 aromatic heterocycles. The van der Waals surface area contributed by atoms with Crippen molar-refractivity contribution in [2.75, 3.05) is 11.9 Å². The average Bonchev–Trinajstić information content (AvgIpc) is 2.44. The molecule has 1 N–H and O–H groups in total. The second kappa shape index (κ2) is 6.20. The van der Waals surface area contributed by atoms with Gasteiger partial charge in [-0.2, -0.15) is 0 Å². The van der Waals surface area contributed by atoms with Crippen molar-refractivity contribution < 1.29 is 4.39 Å². The summed E-state index contributed by atoms with van der Waals surface area (Å²) < 4.78 is 13.4. The Balaban J connectivity index is 2.49. The van der Waals surface area contributed by atoms with E-state index in [-0.39, 0.29) is 11.2 Å². The molecule has 0 aliphatic carbocycles. The molecule has 1 aromatic carbocycles. The maximum Gasteiger partial charge on any atom is 0.136 e. The molecule has 0 aliphatic heterocycles. The number of aromatic nitrogens is 2. The highest BCUT2D eigenvalue weighted by Gasteiger charge is 2.19. The molecule has 0 saturated carbocycles. The molecule has 0 aliphatic rings. The zero-order valence-corrected chi connectivity index (χ0v) is 13.1. The third-order valence-electron chi connectivity index (χ3n) is 3.07. The van der Waals surface area contributed by atoms with Gasteiger partial charge in [-0.25, -0.2) is 14.4 Å². The van der Waals surface area contributed by atoms with Crippen LogP contribution in [0.15, 0.2) is 30.3 Å². The number of anilines is 1. The first-order valence-electron chi connectivity index (χ1n) is 7.29. The molecular formula is C17H22FN3. The third-order valence-corrected chi connectivity index (χ3v) is 3.07. The Labute approximate surface area is 125 Å². The van der Waals surface area contributed by atoms with Crippen LogP contribution in [0.3, 0.4) is 0 Å². The first kappa shape index (κ1) is 15.4. The normalized spacial score (nSPS) is 11.5. The Morgan fingerprint density at radius 2 is 1.90 bits per heavy atom. The summed E-state index contributed by atoms with van der Waals surface area (Å²) >= 11 is 0. The van der Waals surface area contributed by atoms with E-state index in [1.54, 1.807) is 6.07 Å². The molecule has 1 heterocycles. The van der Waals surface area contributed by atoms with E-state index >= 15 is 0 Å². The first-order valence-corrected chi connectivity index (χ1v) is 7.29. The summed E-state index contributed by atoms with van der Waals surface area (Å²) in [5.74, 6) is 1.28. The van der Waals surface area contributed by atoms with Gasteiger partial charge in [0.2, 0.25) is 0 Å². The van der Waals surface area contributed by atoms with Gasteiger partial charge in [-0.1, -0.05) is 39.8 Å². The van der Waals surface area contributed by atoms with Crippen molar-refractivity contribution in [3.05, 3.63) is 42.0 Å². The van der Waals surface area contributed by atoms with Gasteiger partial charge in [0.1, 0.15) is 17.5 Å². The van der Waals surface area contributed by atoms with Gasteiger partial charge < -0.3 is 5.32 Å². The van der Waals surface area contributed by atoms with Crippen LogP contribution in [0.4, 0.5) is 10.2 Å². The van der Waals surface area contributed by atoms with Crippen molar-refractivity contribution in [3.63, 3.8) is 0 Å². The van der Waals surface area contributed by atoms with Crippen molar-refractivity contribution in [1.82, 2.24) is 9.97 Å². The van der Waals surface area contributed by atoms with Crippen molar-refractivity contribution >= 4 is 5.82 Å². The number of nitrogens with zero attached hydrogens (tertiary/aromatic N) is 2. The van der Waals surface area contributed by atoms with Gasteiger partial charge in [-0.05, 0) is 18.6 Å². The molecule has 2 rings (SSSR count). The minimum atomic E-state index is -0.258. The van der Waals surface area contributed by atoms with E-state index in [0.717, 1.165) is 35.9 Å². The lowest BCUT2D eigenvalue weighted by Crippen LogP contribution is -2.18. The van der Waals surface area contributed by atoms with Crippen molar-refractivity contribution in [1.29, 1.82) is 0 Å². The van der Waals surface area contributed by atoms with E-state index < -0.39 is 0 Å². The van der Waals surface area contributed by atoms with E-state index in [2.05, 4.69) is 43.0 Å². The van der Waals surface area contributed by atoms with Gasteiger partial charge in [0.15, 0.2) is 0 Å². The standard InChI is InChI=1S/C17H22FN3/c1-5-9-19-15-11-14(12-7-6-8-13(18)10-12)20-16(21-15)17(2,3)4/h6-8,10-11H,5,9H2,1-4H3,(H,19,20,21). The molecule has 0 bridgehead atoms. The quantitative estimate of drug-likeness (QED) is 0.905. The molecule has 3 nitrogen and oxygen atoms in total. The fourth-order valence-corrected chi connectivity index (χ4v) is 1.92. The van der Waals surface area contributed by atoms with Gasteiger partial charge in [-0.3, -0.25) is 0 Å². The van der Waals surface area contributed by atoms with Crippen LogP contribution >= 0.6 is 0 Å².